The number of piperidine rings is 1. The number of aromatic nitrogens is 1. The number of nitrogens with one attached hydrogen (secondary N) is 2. The van der Waals surface area contributed by atoms with E-state index in [0.29, 0.717) is 28.8 Å². The number of nitrogens with zero attached hydrogens (tertiary/aromatic N) is 2. The summed E-state index contributed by atoms with van der Waals surface area (Å²) < 4.78 is 26.2. The van der Waals surface area contributed by atoms with Crippen molar-refractivity contribution in [3.8, 4) is 0 Å². The Labute approximate surface area is 214 Å². The smallest absolute Gasteiger partial charge is 0.280 e. The average Bonchev–Trinajstić information content (AvgIpc) is 3.45. The van der Waals surface area contributed by atoms with Gasteiger partial charge in [0.25, 0.3) is 5.91 Å². The third kappa shape index (κ3) is 6.25. The van der Waals surface area contributed by atoms with Crippen LogP contribution >= 0.6 is 23.1 Å². The minimum Gasteiger partial charge on any atom is -0.392 e. The lowest BCUT2D eigenvalue weighted by atomic mass is 10.1. The van der Waals surface area contributed by atoms with Crippen LogP contribution in [0.2, 0.25) is 0 Å². The number of carbonyl (C=O) groups is 1. The van der Waals surface area contributed by atoms with Gasteiger partial charge in [0, 0.05) is 10.8 Å². The van der Waals surface area contributed by atoms with Gasteiger partial charge >= 0.3 is 0 Å². The fraction of sp³-hybridized carbons (Fsp3) is 0.542. The Bertz CT molecular complexity index is 1160. The van der Waals surface area contributed by atoms with Gasteiger partial charge in [-0.3, -0.25) is 10.1 Å². The van der Waals surface area contributed by atoms with E-state index in [4.69, 9.17) is 4.84 Å². The quantitative estimate of drug-likeness (QED) is 0.366. The summed E-state index contributed by atoms with van der Waals surface area (Å²) >= 11 is 3.26. The van der Waals surface area contributed by atoms with Crippen molar-refractivity contribution in [1.82, 2.24) is 10.3 Å². The predicted molar refractivity (Wildman–Crippen MR) is 139 cm³/mol. The van der Waals surface area contributed by atoms with E-state index in [2.05, 4.69) is 20.8 Å². The van der Waals surface area contributed by atoms with Gasteiger partial charge in [0.2, 0.25) is 0 Å². The maximum absolute atomic E-state index is 13.2. The van der Waals surface area contributed by atoms with Gasteiger partial charge in [-0.2, -0.15) is 0 Å². The number of benzene rings is 1. The van der Waals surface area contributed by atoms with E-state index in [0.717, 1.165) is 55.8 Å². The first kappa shape index (κ1) is 24.7. The number of amides is 1. The number of hydrogen-bond donors (Lipinski definition) is 2. The van der Waals surface area contributed by atoms with Gasteiger partial charge in [0.15, 0.2) is 20.7 Å². The molecule has 0 spiro atoms. The van der Waals surface area contributed by atoms with Crippen LogP contribution in [0, 0.1) is 0 Å². The van der Waals surface area contributed by atoms with Gasteiger partial charge in [0.1, 0.15) is 6.10 Å². The fourth-order valence-corrected chi connectivity index (χ4v) is 8.28. The molecular weight excluding hydrogens is 504 g/mol. The van der Waals surface area contributed by atoms with Crippen LogP contribution < -0.4 is 10.6 Å². The zero-order valence-corrected chi connectivity index (χ0v) is 21.9. The number of hydrogen-bond acceptors (Lipinski definition) is 9. The van der Waals surface area contributed by atoms with Crippen molar-refractivity contribution in [3.63, 3.8) is 0 Å². The molecule has 1 aromatic heterocycles. The number of carbonyl (C=O) groups excluding carboxylic acids is 1. The highest BCUT2D eigenvalue weighted by Crippen LogP contribution is 2.35. The Balaban J connectivity index is 1.31. The number of oxime groups is 1. The molecule has 1 aliphatic heterocycles. The molecule has 35 heavy (non-hydrogen) atoms. The van der Waals surface area contributed by atoms with Crippen LogP contribution in [0.15, 0.2) is 44.7 Å². The van der Waals surface area contributed by atoms with Gasteiger partial charge in [-0.15, -0.1) is 11.8 Å². The standard InChI is InChI=1S/C24H30N4O4S3/c29-23(27-24-26-15-21(34-24)33-18-11-13-25-14-12-18)22(28-32-17-3-1-2-4-17)16-5-7-19(8-6-16)35(30,31)20-9-10-20/h5-8,15,17-18,20,25H,1-4,9-14H2,(H,26,27,29)/b28-22+. The summed E-state index contributed by atoms with van der Waals surface area (Å²) in [6, 6.07) is 6.37. The molecule has 5 rings (SSSR count). The minimum absolute atomic E-state index is 0.000154. The van der Waals surface area contributed by atoms with E-state index in [-0.39, 0.29) is 22.0 Å². The first-order chi connectivity index (χ1) is 17.0. The first-order valence-corrected chi connectivity index (χ1v) is 15.5. The second-order valence-corrected chi connectivity index (χ2v) is 14.1. The monoisotopic (exact) mass is 534 g/mol. The molecule has 2 aromatic rings. The summed E-state index contributed by atoms with van der Waals surface area (Å²) in [6.45, 7) is 2.06. The van der Waals surface area contributed by atoms with Crippen LogP contribution in [-0.4, -0.2) is 54.7 Å². The number of thiazole rings is 1. The zero-order valence-electron chi connectivity index (χ0n) is 19.4. The van der Waals surface area contributed by atoms with E-state index in [1.165, 1.54) is 11.3 Å². The molecule has 0 bridgehead atoms. The number of sulfone groups is 1. The summed E-state index contributed by atoms with van der Waals surface area (Å²) in [6.07, 6.45) is 9.47. The van der Waals surface area contributed by atoms with Crippen LogP contribution in [0.25, 0.3) is 0 Å². The Kier molecular flexibility index (Phi) is 7.76. The number of rotatable bonds is 9. The molecule has 3 fully saturated rings. The van der Waals surface area contributed by atoms with Crippen molar-refractivity contribution >= 4 is 49.7 Å². The van der Waals surface area contributed by atoms with E-state index >= 15 is 0 Å². The summed E-state index contributed by atoms with van der Waals surface area (Å²) in [5.74, 6) is -0.423. The Hall–Kier alpha value is -1.95. The average molecular weight is 535 g/mol. The Morgan fingerprint density at radius 1 is 1.09 bits per heavy atom. The van der Waals surface area contributed by atoms with Crippen molar-refractivity contribution in [3.05, 3.63) is 36.0 Å². The lowest BCUT2D eigenvalue weighted by molar-refractivity contribution is -0.110. The van der Waals surface area contributed by atoms with Gasteiger partial charge in [-0.1, -0.05) is 28.6 Å². The fourth-order valence-electron chi connectivity index (χ4n) is 4.33. The molecule has 1 saturated heterocycles. The molecule has 188 valence electrons. The van der Waals surface area contributed by atoms with Crippen LogP contribution in [0.1, 0.15) is 56.9 Å². The highest BCUT2D eigenvalue weighted by molar-refractivity contribution is 8.01. The summed E-state index contributed by atoms with van der Waals surface area (Å²) in [5.41, 5.74) is 0.631. The zero-order chi connectivity index (χ0) is 24.3. The van der Waals surface area contributed by atoms with Crippen LogP contribution in [0.3, 0.4) is 0 Å². The summed E-state index contributed by atoms with van der Waals surface area (Å²) in [5, 5.41) is 11.2. The SMILES string of the molecule is O=C(Nc1ncc(SC2CCNCC2)s1)/C(=N/OC1CCCC1)c1ccc(S(=O)(=O)C2CC2)cc1. The van der Waals surface area contributed by atoms with Crippen molar-refractivity contribution in [2.75, 3.05) is 18.4 Å². The van der Waals surface area contributed by atoms with Gasteiger partial charge in [-0.25, -0.2) is 13.4 Å². The largest absolute Gasteiger partial charge is 0.392 e. The highest BCUT2D eigenvalue weighted by atomic mass is 32.2. The molecule has 2 saturated carbocycles. The minimum atomic E-state index is -3.30. The molecule has 0 radical (unpaired) electrons. The molecule has 2 heterocycles. The molecule has 0 atom stereocenters. The van der Waals surface area contributed by atoms with Crippen LogP contribution in [0.4, 0.5) is 5.13 Å². The highest BCUT2D eigenvalue weighted by Gasteiger charge is 2.36. The predicted octanol–water partition coefficient (Wildman–Crippen LogP) is 4.23. The summed E-state index contributed by atoms with van der Waals surface area (Å²) in [4.78, 5) is 23.6. The van der Waals surface area contributed by atoms with E-state index < -0.39 is 15.7 Å². The molecule has 0 unspecified atom stereocenters. The molecule has 11 heteroatoms. The molecule has 2 aliphatic carbocycles. The third-order valence-corrected chi connectivity index (χ3v) is 11.2. The maximum Gasteiger partial charge on any atom is 0.280 e. The van der Waals surface area contributed by atoms with E-state index in [1.54, 1.807) is 30.5 Å². The van der Waals surface area contributed by atoms with Crippen molar-refractivity contribution < 1.29 is 18.0 Å². The first-order valence-electron chi connectivity index (χ1n) is 12.2. The number of thioether (sulfide) groups is 1. The lowest BCUT2D eigenvalue weighted by Gasteiger charge is -2.20. The van der Waals surface area contributed by atoms with Crippen molar-refractivity contribution in [1.29, 1.82) is 0 Å². The molecule has 1 aromatic carbocycles. The Morgan fingerprint density at radius 2 is 1.80 bits per heavy atom. The third-order valence-electron chi connectivity index (χ3n) is 6.50. The van der Waals surface area contributed by atoms with Crippen molar-refractivity contribution in [2.24, 2.45) is 5.16 Å². The topological polar surface area (TPSA) is 110 Å². The molecular formula is C24H30N4O4S3. The Morgan fingerprint density at radius 3 is 2.49 bits per heavy atom. The summed E-state index contributed by atoms with van der Waals surface area (Å²) in [7, 11) is -3.30. The van der Waals surface area contributed by atoms with Gasteiger partial charge in [0.05, 0.1) is 20.6 Å². The van der Waals surface area contributed by atoms with Crippen LogP contribution in [-0.2, 0) is 19.5 Å². The second-order valence-electron chi connectivity index (χ2n) is 9.23. The number of anilines is 1. The molecule has 8 nitrogen and oxygen atoms in total. The van der Waals surface area contributed by atoms with E-state index in [1.807, 2.05) is 11.8 Å². The van der Waals surface area contributed by atoms with Gasteiger partial charge in [-0.05, 0) is 76.6 Å². The van der Waals surface area contributed by atoms with Gasteiger partial charge < -0.3 is 10.2 Å². The normalized spacial score (nSPS) is 20.2. The second kappa shape index (κ2) is 11.0. The molecule has 3 aliphatic rings. The lowest BCUT2D eigenvalue weighted by Crippen LogP contribution is -2.28. The molecule has 2 N–H and O–H groups in total. The van der Waals surface area contributed by atoms with Crippen LogP contribution in [0.5, 0.6) is 0 Å². The van der Waals surface area contributed by atoms with Crippen molar-refractivity contribution in [2.45, 2.75) is 77.1 Å². The molecule has 1 amide bonds. The van der Waals surface area contributed by atoms with E-state index in [9.17, 15) is 13.2 Å². The maximum atomic E-state index is 13.2.